The summed E-state index contributed by atoms with van der Waals surface area (Å²) < 4.78 is 8.39. The molecule has 0 radical (unpaired) electrons. The van der Waals surface area contributed by atoms with Crippen LogP contribution in [-0.4, -0.2) is 14.7 Å². The van der Waals surface area contributed by atoms with Crippen molar-refractivity contribution in [1.82, 2.24) is 9.78 Å². The summed E-state index contributed by atoms with van der Waals surface area (Å²) in [5, 5.41) is 15.4. The van der Waals surface area contributed by atoms with E-state index in [0.29, 0.717) is 6.54 Å². The van der Waals surface area contributed by atoms with Crippen molar-refractivity contribution in [3.63, 3.8) is 0 Å². The summed E-state index contributed by atoms with van der Waals surface area (Å²) >= 11 is 3.53. The first kappa shape index (κ1) is 15.5. The number of para-hydroxylation sites is 2. The number of aromatic nitrogens is 2. The Morgan fingerprint density at radius 1 is 1.38 bits per heavy atom. The number of rotatable bonds is 6. The van der Waals surface area contributed by atoms with Crippen LogP contribution in [0.15, 0.2) is 28.7 Å². The number of hydrogen-bond acceptors (Lipinski definition) is 4. The van der Waals surface area contributed by atoms with Gasteiger partial charge in [-0.2, -0.15) is 5.10 Å². The highest BCUT2D eigenvalue weighted by molar-refractivity contribution is 9.10. The molecule has 21 heavy (non-hydrogen) atoms. The number of aryl methyl sites for hydroxylation is 2. The van der Waals surface area contributed by atoms with Crippen molar-refractivity contribution in [2.24, 2.45) is 0 Å². The van der Waals surface area contributed by atoms with E-state index < -0.39 is 4.92 Å². The second kappa shape index (κ2) is 6.71. The van der Waals surface area contributed by atoms with Gasteiger partial charge < -0.3 is 4.74 Å². The summed E-state index contributed by atoms with van der Waals surface area (Å²) in [5.74, 6) is 0.260. The fourth-order valence-electron chi connectivity index (χ4n) is 2.03. The van der Waals surface area contributed by atoms with Crippen LogP contribution < -0.4 is 4.74 Å². The van der Waals surface area contributed by atoms with E-state index in [0.717, 1.165) is 22.3 Å². The zero-order chi connectivity index (χ0) is 15.4. The molecule has 7 heteroatoms. The van der Waals surface area contributed by atoms with Gasteiger partial charge in [0.25, 0.3) is 0 Å². The molecule has 2 rings (SSSR count). The van der Waals surface area contributed by atoms with Crippen molar-refractivity contribution in [1.29, 1.82) is 0 Å². The van der Waals surface area contributed by atoms with E-state index in [1.165, 1.54) is 6.07 Å². The van der Waals surface area contributed by atoms with Gasteiger partial charge in [0.2, 0.25) is 0 Å². The number of halogens is 1. The van der Waals surface area contributed by atoms with Gasteiger partial charge in [0.1, 0.15) is 6.61 Å². The Hall–Kier alpha value is -1.89. The molecule has 0 unspecified atom stereocenters. The summed E-state index contributed by atoms with van der Waals surface area (Å²) in [5.41, 5.74) is 1.80. The third-order valence-electron chi connectivity index (χ3n) is 3.12. The number of benzene rings is 1. The number of ether oxygens (including phenoxy) is 1. The van der Waals surface area contributed by atoms with E-state index in [1.54, 1.807) is 18.2 Å². The van der Waals surface area contributed by atoms with Gasteiger partial charge in [-0.15, -0.1) is 0 Å². The lowest BCUT2D eigenvalue weighted by Gasteiger charge is -2.08. The molecule has 1 aromatic carbocycles. The smallest absolute Gasteiger partial charge is 0.310 e. The van der Waals surface area contributed by atoms with Crippen LogP contribution in [0.25, 0.3) is 0 Å². The minimum absolute atomic E-state index is 0.0353. The Bertz CT molecular complexity index is 655. The Morgan fingerprint density at radius 3 is 2.71 bits per heavy atom. The predicted octanol–water partition coefficient (Wildman–Crippen LogP) is 3.72. The number of nitro groups is 1. The monoisotopic (exact) mass is 353 g/mol. The van der Waals surface area contributed by atoms with Crippen LogP contribution >= 0.6 is 15.9 Å². The van der Waals surface area contributed by atoms with Crippen molar-refractivity contribution in [3.05, 3.63) is 50.2 Å². The molecule has 0 bridgehead atoms. The second-order valence-electron chi connectivity index (χ2n) is 4.39. The molecular weight excluding hydrogens is 338 g/mol. The van der Waals surface area contributed by atoms with Crippen molar-refractivity contribution in [2.45, 2.75) is 33.4 Å². The first-order valence-corrected chi connectivity index (χ1v) is 7.48. The Kier molecular flexibility index (Phi) is 4.95. The highest BCUT2D eigenvalue weighted by atomic mass is 79.9. The van der Waals surface area contributed by atoms with Crippen molar-refractivity contribution in [3.8, 4) is 5.75 Å². The van der Waals surface area contributed by atoms with Crippen LogP contribution in [0, 0.1) is 10.1 Å². The Balaban J connectivity index is 2.25. The van der Waals surface area contributed by atoms with E-state index in [4.69, 9.17) is 4.74 Å². The molecule has 0 aliphatic rings. The van der Waals surface area contributed by atoms with Gasteiger partial charge in [0.15, 0.2) is 5.75 Å². The van der Waals surface area contributed by atoms with Crippen LogP contribution in [0.4, 0.5) is 5.69 Å². The highest BCUT2D eigenvalue weighted by Crippen LogP contribution is 2.28. The molecule has 6 nitrogen and oxygen atoms in total. The van der Waals surface area contributed by atoms with Gasteiger partial charge in [0.05, 0.1) is 20.8 Å². The lowest BCUT2D eigenvalue weighted by Crippen LogP contribution is -2.07. The topological polar surface area (TPSA) is 70.2 Å². The van der Waals surface area contributed by atoms with Gasteiger partial charge >= 0.3 is 5.69 Å². The molecule has 0 amide bonds. The zero-order valence-corrected chi connectivity index (χ0v) is 13.5. The molecule has 1 aromatic heterocycles. The quantitative estimate of drug-likeness (QED) is 0.586. The SMILES string of the molecule is CCc1nn(CC)c(COc2ccccc2[N+](=O)[O-])c1Br. The molecule has 0 N–H and O–H groups in total. The third-order valence-corrected chi connectivity index (χ3v) is 4.04. The lowest BCUT2D eigenvalue weighted by molar-refractivity contribution is -0.385. The van der Waals surface area contributed by atoms with Crippen LogP contribution in [0.2, 0.25) is 0 Å². The molecule has 1 heterocycles. The van der Waals surface area contributed by atoms with Crippen LogP contribution in [0.5, 0.6) is 5.75 Å². The first-order chi connectivity index (χ1) is 10.1. The fraction of sp³-hybridized carbons (Fsp3) is 0.357. The Morgan fingerprint density at radius 2 is 2.10 bits per heavy atom. The van der Waals surface area contributed by atoms with E-state index in [2.05, 4.69) is 21.0 Å². The zero-order valence-electron chi connectivity index (χ0n) is 11.9. The van der Waals surface area contributed by atoms with Gasteiger partial charge in [-0.05, 0) is 35.3 Å². The molecule has 0 fully saturated rings. The summed E-state index contributed by atoms with van der Waals surface area (Å²) in [6.45, 7) is 4.97. The van der Waals surface area contributed by atoms with Gasteiger partial charge in [-0.3, -0.25) is 14.8 Å². The number of nitrogens with zero attached hydrogens (tertiary/aromatic N) is 3. The molecule has 0 saturated carbocycles. The Labute approximate surface area is 131 Å². The van der Waals surface area contributed by atoms with Crippen molar-refractivity contribution >= 4 is 21.6 Å². The average molecular weight is 354 g/mol. The summed E-state index contributed by atoms with van der Waals surface area (Å²) in [4.78, 5) is 10.5. The molecule has 0 aliphatic heterocycles. The van der Waals surface area contributed by atoms with E-state index in [9.17, 15) is 10.1 Å². The van der Waals surface area contributed by atoms with Crippen molar-refractivity contribution < 1.29 is 9.66 Å². The largest absolute Gasteiger partial charge is 0.480 e. The maximum Gasteiger partial charge on any atom is 0.310 e. The lowest BCUT2D eigenvalue weighted by atomic mass is 10.3. The minimum Gasteiger partial charge on any atom is -0.480 e. The summed E-state index contributed by atoms with van der Waals surface area (Å²) in [6.07, 6.45) is 0.812. The maximum atomic E-state index is 11.0. The van der Waals surface area contributed by atoms with Gasteiger partial charge in [0, 0.05) is 12.6 Å². The normalized spacial score (nSPS) is 10.6. The first-order valence-electron chi connectivity index (χ1n) is 6.68. The molecule has 2 aromatic rings. The maximum absolute atomic E-state index is 11.0. The van der Waals surface area contributed by atoms with Gasteiger partial charge in [-0.25, -0.2) is 0 Å². The predicted molar refractivity (Wildman–Crippen MR) is 82.4 cm³/mol. The fourth-order valence-corrected chi connectivity index (χ4v) is 2.71. The van der Waals surface area contributed by atoms with E-state index >= 15 is 0 Å². The molecule has 0 atom stereocenters. The summed E-state index contributed by atoms with van der Waals surface area (Å²) in [7, 11) is 0. The summed E-state index contributed by atoms with van der Waals surface area (Å²) in [6, 6.07) is 6.36. The number of hydrogen-bond donors (Lipinski definition) is 0. The molecule has 0 aliphatic carbocycles. The van der Waals surface area contributed by atoms with Gasteiger partial charge in [-0.1, -0.05) is 19.1 Å². The average Bonchev–Trinajstić information content (AvgIpc) is 2.80. The second-order valence-corrected chi connectivity index (χ2v) is 5.18. The van der Waals surface area contributed by atoms with Crippen LogP contribution in [0.3, 0.4) is 0 Å². The van der Waals surface area contributed by atoms with E-state index in [-0.39, 0.29) is 18.0 Å². The molecule has 0 saturated heterocycles. The highest BCUT2D eigenvalue weighted by Gasteiger charge is 2.17. The van der Waals surface area contributed by atoms with E-state index in [1.807, 2.05) is 18.5 Å². The van der Waals surface area contributed by atoms with Crippen molar-refractivity contribution in [2.75, 3.05) is 0 Å². The van der Waals surface area contributed by atoms with Crippen LogP contribution in [-0.2, 0) is 19.6 Å². The third kappa shape index (κ3) is 3.24. The molecule has 0 spiro atoms. The van der Waals surface area contributed by atoms with Crippen LogP contribution in [0.1, 0.15) is 25.2 Å². The standard InChI is InChI=1S/C14H16BrN3O3/c1-3-10-14(15)12(17(4-2)16-10)9-21-13-8-6-5-7-11(13)18(19)20/h5-8H,3-4,9H2,1-2H3. The molecular formula is C14H16BrN3O3. The minimum atomic E-state index is -0.445. The molecule has 112 valence electrons. The number of nitro benzene ring substituents is 1.